The van der Waals surface area contributed by atoms with Gasteiger partial charge in [0.1, 0.15) is 25.0 Å². The summed E-state index contributed by atoms with van der Waals surface area (Å²) in [5.41, 5.74) is 1.59. The quantitative estimate of drug-likeness (QED) is 0.318. The average Bonchev–Trinajstić information content (AvgIpc) is 2.71. The zero-order valence-corrected chi connectivity index (χ0v) is 18.4. The Morgan fingerprint density at radius 2 is 1.57 bits per heavy atom. The van der Waals surface area contributed by atoms with Crippen LogP contribution in [0.15, 0.2) is 42.5 Å². The van der Waals surface area contributed by atoms with Crippen LogP contribution in [0, 0.1) is 0 Å². The van der Waals surface area contributed by atoms with Gasteiger partial charge in [-0.25, -0.2) is 4.79 Å². The molecule has 0 saturated heterocycles. The van der Waals surface area contributed by atoms with Crippen LogP contribution < -0.4 is 0 Å². The molecule has 2 unspecified atom stereocenters. The number of aliphatic hydroxyl groups excluding tert-OH is 1. The molecule has 1 aromatic carbocycles. The molecule has 0 spiro atoms. The molecule has 6 heteroatoms. The molecule has 0 bridgehead atoms. The van der Waals surface area contributed by atoms with Crippen molar-refractivity contribution < 1.29 is 24.2 Å². The fourth-order valence-electron chi connectivity index (χ4n) is 3.38. The summed E-state index contributed by atoms with van der Waals surface area (Å²) in [6, 6.07) is 10.1. The molecule has 1 rings (SSSR count). The number of hydrogen-bond acceptors (Lipinski definition) is 5. The lowest BCUT2D eigenvalue weighted by Crippen LogP contribution is -2.26. The van der Waals surface area contributed by atoms with Crippen molar-refractivity contribution in [1.82, 2.24) is 0 Å². The molecule has 0 aliphatic rings. The van der Waals surface area contributed by atoms with Crippen LogP contribution in [-0.2, 0) is 19.1 Å². The van der Waals surface area contributed by atoms with E-state index in [4.69, 9.17) is 9.47 Å². The second-order valence-electron chi connectivity index (χ2n) is 7.01. The van der Waals surface area contributed by atoms with Crippen LogP contribution in [-0.4, -0.2) is 54.8 Å². The minimum atomic E-state index is -1.35. The van der Waals surface area contributed by atoms with E-state index < -0.39 is 19.3 Å². The minimum absolute atomic E-state index is 0.152. The Balaban J connectivity index is 2.74. The van der Waals surface area contributed by atoms with E-state index in [0.29, 0.717) is 6.42 Å². The van der Waals surface area contributed by atoms with Gasteiger partial charge in [-0.3, -0.25) is 4.79 Å². The summed E-state index contributed by atoms with van der Waals surface area (Å²) in [5.74, 6) is -0.906. The Morgan fingerprint density at radius 3 is 2.07 bits per heavy atom. The number of carbonyl (C=O) groups is 2. The standard InChI is InChI=1S/C22H34O5P/c1-6-28(7-2,8-3)20(18-12-10-9-11-13-18)14-21(24)26-15-19(23)16-27-22(25)17(4)5/h9-13,19-20,23H,4,6-8,14-16H2,1-3,5H3/q+1. The second-order valence-corrected chi connectivity index (χ2v) is 12.0. The van der Waals surface area contributed by atoms with E-state index in [9.17, 15) is 14.7 Å². The van der Waals surface area contributed by atoms with E-state index in [0.717, 1.165) is 18.5 Å². The number of ether oxygens (including phenoxy) is 2. The smallest absolute Gasteiger partial charge is 0.333 e. The Kier molecular flexibility index (Phi) is 10.4. The number of benzene rings is 1. The second kappa shape index (κ2) is 12.0. The normalized spacial score (nSPS) is 13.5. The van der Waals surface area contributed by atoms with Gasteiger partial charge in [-0.1, -0.05) is 36.9 Å². The lowest BCUT2D eigenvalue weighted by molar-refractivity contribution is -0.150. The average molecular weight is 409 g/mol. The van der Waals surface area contributed by atoms with Gasteiger partial charge in [0.25, 0.3) is 0 Å². The predicted molar refractivity (Wildman–Crippen MR) is 115 cm³/mol. The first-order valence-electron chi connectivity index (χ1n) is 9.86. The molecule has 0 saturated carbocycles. The maximum absolute atomic E-state index is 12.5. The SMILES string of the molecule is C=C(C)C(=O)OCC(O)COC(=O)CC(c1ccccc1)[P+](CC)(CC)CC. The van der Waals surface area contributed by atoms with E-state index in [1.165, 1.54) is 12.5 Å². The highest BCUT2D eigenvalue weighted by molar-refractivity contribution is 7.76. The molecule has 5 nitrogen and oxygen atoms in total. The summed E-state index contributed by atoms with van der Waals surface area (Å²) in [4.78, 5) is 23.9. The maximum atomic E-state index is 12.5. The third-order valence-corrected chi connectivity index (χ3v) is 10.9. The number of aliphatic hydroxyl groups is 1. The number of esters is 2. The largest absolute Gasteiger partial charge is 0.463 e. The molecule has 0 aliphatic heterocycles. The fourth-order valence-corrected chi connectivity index (χ4v) is 7.39. The Labute approximate surface area is 169 Å². The summed E-state index contributed by atoms with van der Waals surface area (Å²) in [5, 5.41) is 9.90. The highest BCUT2D eigenvalue weighted by Gasteiger charge is 2.43. The van der Waals surface area contributed by atoms with Crippen molar-refractivity contribution in [3.8, 4) is 0 Å². The molecule has 0 radical (unpaired) electrons. The lowest BCUT2D eigenvalue weighted by Gasteiger charge is -2.32. The van der Waals surface area contributed by atoms with Crippen molar-refractivity contribution >= 4 is 19.2 Å². The molecule has 1 N–H and O–H groups in total. The van der Waals surface area contributed by atoms with E-state index in [-0.39, 0.29) is 30.4 Å². The fraction of sp³-hybridized carbons (Fsp3) is 0.545. The van der Waals surface area contributed by atoms with E-state index in [2.05, 4.69) is 39.5 Å². The van der Waals surface area contributed by atoms with E-state index >= 15 is 0 Å². The number of rotatable bonds is 12. The lowest BCUT2D eigenvalue weighted by atomic mass is 10.1. The molecule has 0 fully saturated rings. The van der Waals surface area contributed by atoms with Gasteiger partial charge in [0.2, 0.25) is 0 Å². The first-order chi connectivity index (χ1) is 13.3. The third kappa shape index (κ3) is 7.03. The third-order valence-electron chi connectivity index (χ3n) is 5.29. The van der Waals surface area contributed by atoms with Gasteiger partial charge >= 0.3 is 11.9 Å². The Hall–Kier alpha value is -1.71. The molecule has 0 amide bonds. The number of hydrogen-bond donors (Lipinski definition) is 1. The van der Waals surface area contributed by atoms with Crippen LogP contribution in [0.1, 0.15) is 45.3 Å². The summed E-state index contributed by atoms with van der Waals surface area (Å²) < 4.78 is 10.2. The van der Waals surface area contributed by atoms with Gasteiger partial charge in [0, 0.05) is 12.8 Å². The van der Waals surface area contributed by atoms with Crippen molar-refractivity contribution in [3.05, 3.63) is 48.0 Å². The van der Waals surface area contributed by atoms with Crippen LogP contribution in [0.2, 0.25) is 0 Å². The van der Waals surface area contributed by atoms with Gasteiger partial charge in [0.05, 0.1) is 24.9 Å². The maximum Gasteiger partial charge on any atom is 0.333 e. The molecule has 0 aliphatic carbocycles. The Bertz CT molecular complexity index is 631. The first-order valence-corrected chi connectivity index (χ1v) is 12.3. The van der Waals surface area contributed by atoms with Gasteiger partial charge in [0.15, 0.2) is 0 Å². The van der Waals surface area contributed by atoms with Crippen molar-refractivity contribution in [2.45, 2.75) is 45.9 Å². The zero-order chi connectivity index (χ0) is 21.2. The highest BCUT2D eigenvalue weighted by atomic mass is 31.2. The predicted octanol–water partition coefficient (Wildman–Crippen LogP) is 4.22. The molecule has 1 aromatic rings. The Morgan fingerprint density at radius 1 is 1.04 bits per heavy atom. The van der Waals surface area contributed by atoms with Crippen LogP contribution >= 0.6 is 7.26 Å². The topological polar surface area (TPSA) is 72.8 Å². The molecule has 156 valence electrons. The highest BCUT2D eigenvalue weighted by Crippen LogP contribution is 2.70. The summed E-state index contributed by atoms with van der Waals surface area (Å²) in [7, 11) is -1.35. The van der Waals surface area contributed by atoms with Crippen LogP contribution in [0.3, 0.4) is 0 Å². The molecule has 0 aromatic heterocycles. The van der Waals surface area contributed by atoms with Gasteiger partial charge in [-0.2, -0.15) is 0 Å². The van der Waals surface area contributed by atoms with E-state index in [1.807, 2.05) is 18.2 Å². The van der Waals surface area contributed by atoms with Crippen molar-refractivity contribution in [2.75, 3.05) is 31.7 Å². The van der Waals surface area contributed by atoms with Gasteiger partial charge in [-0.15, -0.1) is 0 Å². The zero-order valence-electron chi connectivity index (χ0n) is 17.5. The number of carbonyl (C=O) groups excluding carboxylic acids is 2. The van der Waals surface area contributed by atoms with Crippen LogP contribution in [0.5, 0.6) is 0 Å². The van der Waals surface area contributed by atoms with Crippen molar-refractivity contribution in [1.29, 1.82) is 0 Å². The molecular formula is C22H34O5P+. The monoisotopic (exact) mass is 409 g/mol. The van der Waals surface area contributed by atoms with Crippen LogP contribution in [0.25, 0.3) is 0 Å². The van der Waals surface area contributed by atoms with Gasteiger partial charge < -0.3 is 14.6 Å². The molecule has 2 atom stereocenters. The van der Waals surface area contributed by atoms with Crippen molar-refractivity contribution in [2.24, 2.45) is 0 Å². The summed E-state index contributed by atoms with van der Waals surface area (Å²) >= 11 is 0. The van der Waals surface area contributed by atoms with Crippen LogP contribution in [0.4, 0.5) is 0 Å². The van der Waals surface area contributed by atoms with E-state index in [1.54, 1.807) is 0 Å². The molecular weight excluding hydrogens is 375 g/mol. The summed E-state index contributed by atoms with van der Waals surface area (Å²) in [6.07, 6.45) is 2.47. The van der Waals surface area contributed by atoms with Crippen molar-refractivity contribution in [3.63, 3.8) is 0 Å². The summed E-state index contributed by atoms with van der Waals surface area (Å²) in [6.45, 7) is 11.2. The molecule has 28 heavy (non-hydrogen) atoms. The van der Waals surface area contributed by atoms with Gasteiger partial charge in [-0.05, 0) is 33.3 Å². The minimum Gasteiger partial charge on any atom is -0.463 e. The molecule has 0 heterocycles. The first kappa shape index (κ1) is 24.3.